The normalized spacial score (nSPS) is 21.4. The monoisotopic (exact) mass is 636 g/mol. The second-order valence-corrected chi connectivity index (χ2v) is 11.0. The van der Waals surface area contributed by atoms with Crippen LogP contribution in [0.3, 0.4) is 0 Å². The fourth-order valence-electron chi connectivity index (χ4n) is 5.65. The van der Waals surface area contributed by atoms with Crippen molar-refractivity contribution in [3.8, 4) is 5.75 Å². The molecule has 0 spiro atoms. The molecule has 1 aliphatic heterocycles. The first-order valence-electron chi connectivity index (χ1n) is 13.3. The van der Waals surface area contributed by atoms with Gasteiger partial charge < -0.3 is 36.2 Å². The number of nitrogen functional groups attached to an aromatic ring is 1. The van der Waals surface area contributed by atoms with E-state index in [-0.39, 0.29) is 34.0 Å². The Hall–Kier alpha value is -5.62. The van der Waals surface area contributed by atoms with Gasteiger partial charge >= 0.3 is 0 Å². The number of aliphatic hydroxyl groups is 4. The second-order valence-electron chi connectivity index (χ2n) is 11.0. The molecule has 2 unspecified atom stereocenters. The number of nitrogens with zero attached hydrogens (tertiary/aromatic N) is 2. The second kappa shape index (κ2) is 10.2. The molecular weight excluding hydrogens is 612 g/mol. The van der Waals surface area contributed by atoms with Crippen molar-refractivity contribution in [2.24, 2.45) is 0 Å². The van der Waals surface area contributed by atoms with Crippen LogP contribution in [0.15, 0.2) is 42.5 Å². The maximum absolute atomic E-state index is 13.0. The third kappa shape index (κ3) is 4.17. The van der Waals surface area contributed by atoms with Gasteiger partial charge in [0, 0.05) is 30.2 Å². The lowest BCUT2D eigenvalue weighted by molar-refractivity contribution is -0.385. The third-order valence-electron chi connectivity index (χ3n) is 7.93. The zero-order chi connectivity index (χ0) is 34.3. The number of carbonyl (C=O) groups excluding carboxylic acids is 4. The molecule has 3 aromatic rings. The molecule has 46 heavy (non-hydrogen) atoms. The molecule has 0 saturated heterocycles. The Morgan fingerprint density at radius 1 is 0.848 bits per heavy atom. The molecule has 2 aliphatic carbocycles. The number of anilines is 2. The van der Waals surface area contributed by atoms with Crippen molar-refractivity contribution < 1.29 is 54.2 Å². The summed E-state index contributed by atoms with van der Waals surface area (Å²) in [5.41, 5.74) is 0.900. The number of hydrogen-bond acceptors (Lipinski definition) is 14. The highest BCUT2D eigenvalue weighted by Gasteiger charge is 2.71. The van der Waals surface area contributed by atoms with Crippen molar-refractivity contribution in [2.75, 3.05) is 11.1 Å². The number of ketones is 3. The molecule has 1 heterocycles. The van der Waals surface area contributed by atoms with Crippen LogP contribution in [-0.2, 0) is 16.2 Å². The molecule has 17 heteroatoms. The lowest BCUT2D eigenvalue weighted by Gasteiger charge is -2.28. The first-order chi connectivity index (χ1) is 21.3. The van der Waals surface area contributed by atoms with Crippen LogP contribution in [0.1, 0.15) is 74.5 Å². The van der Waals surface area contributed by atoms with Crippen LogP contribution in [0.5, 0.6) is 5.75 Å². The molecule has 6 rings (SSSR count). The number of benzene rings is 3. The van der Waals surface area contributed by atoms with Gasteiger partial charge in [0.1, 0.15) is 17.0 Å². The summed E-state index contributed by atoms with van der Waals surface area (Å²) in [7, 11) is 0. The van der Waals surface area contributed by atoms with Crippen molar-refractivity contribution in [2.45, 2.75) is 43.9 Å². The van der Waals surface area contributed by atoms with Gasteiger partial charge in [-0.3, -0.25) is 39.4 Å². The molecule has 1 amide bonds. The number of nitrogens with two attached hydrogens (primary N) is 1. The van der Waals surface area contributed by atoms with Crippen LogP contribution < -0.4 is 15.8 Å². The number of nitro groups is 2. The van der Waals surface area contributed by atoms with E-state index in [4.69, 9.17) is 10.5 Å². The van der Waals surface area contributed by atoms with E-state index in [2.05, 4.69) is 5.32 Å². The average molecular weight is 637 g/mol. The lowest BCUT2D eigenvalue weighted by Crippen LogP contribution is -2.48. The van der Waals surface area contributed by atoms with Gasteiger partial charge in [0.25, 0.3) is 22.9 Å². The van der Waals surface area contributed by atoms with Crippen LogP contribution in [-0.4, -0.2) is 59.3 Å². The Morgan fingerprint density at radius 2 is 1.41 bits per heavy atom. The molecule has 7 N–H and O–H groups in total. The number of hydrogen-bond donors (Lipinski definition) is 6. The standard InChI is InChI=1S/C18H16N2O6.C11H8N2O7/c1-8(2)9-3-4-10-13(7-9)26-18(23)11-5-6-12(20(24)25)15(19)14(11)16(21)17(10,18)22;1-4(14)12-5-2-3-6(13(19)20)8-7(5)9(15)11(17,18)10(8)16/h3-8,22-23H,19H2,1-2H3;2-3,17-18H,1H3,(H,12,14). The van der Waals surface area contributed by atoms with E-state index in [0.29, 0.717) is 0 Å². The van der Waals surface area contributed by atoms with Crippen LogP contribution in [0.25, 0.3) is 0 Å². The van der Waals surface area contributed by atoms with Crippen molar-refractivity contribution in [1.82, 2.24) is 0 Å². The van der Waals surface area contributed by atoms with Crippen LogP contribution in [0, 0.1) is 20.2 Å². The predicted octanol–water partition coefficient (Wildman–Crippen LogP) is 1.54. The summed E-state index contributed by atoms with van der Waals surface area (Å²) in [5, 5.41) is 65.3. The first kappa shape index (κ1) is 31.8. The van der Waals surface area contributed by atoms with Gasteiger partial charge in [0.15, 0.2) is 0 Å². The average Bonchev–Trinajstić information content (AvgIpc) is 3.39. The van der Waals surface area contributed by atoms with E-state index in [1.54, 1.807) is 12.1 Å². The Labute approximate surface area is 257 Å². The zero-order valence-electron chi connectivity index (χ0n) is 24.1. The molecule has 0 radical (unpaired) electrons. The number of nitro benzene ring substituents is 2. The van der Waals surface area contributed by atoms with Crippen LogP contribution >= 0.6 is 0 Å². The van der Waals surface area contributed by atoms with Gasteiger partial charge in [-0.15, -0.1) is 0 Å². The Kier molecular flexibility index (Phi) is 7.06. The largest absolute Gasteiger partial charge is 0.454 e. The predicted molar refractivity (Wildman–Crippen MR) is 154 cm³/mol. The maximum Gasteiger partial charge on any atom is 0.295 e. The summed E-state index contributed by atoms with van der Waals surface area (Å²) in [4.78, 5) is 67.9. The van der Waals surface area contributed by atoms with Crippen molar-refractivity contribution in [1.29, 1.82) is 0 Å². The number of rotatable bonds is 4. The van der Waals surface area contributed by atoms with E-state index >= 15 is 0 Å². The summed E-state index contributed by atoms with van der Waals surface area (Å²) in [6.45, 7) is 5.07. The highest BCUT2D eigenvalue weighted by Crippen LogP contribution is 2.59. The summed E-state index contributed by atoms with van der Waals surface area (Å²) in [6, 6.07) is 9.14. The van der Waals surface area contributed by atoms with Gasteiger partial charge in [-0.05, 0) is 29.7 Å². The van der Waals surface area contributed by atoms with Gasteiger partial charge in [-0.25, -0.2) is 0 Å². The minimum absolute atomic E-state index is 0.0876. The fraction of sp³-hybridized carbons (Fsp3) is 0.241. The van der Waals surface area contributed by atoms with Crippen LogP contribution in [0.2, 0.25) is 0 Å². The highest BCUT2D eigenvalue weighted by atomic mass is 16.7. The quantitative estimate of drug-likeness (QED) is 0.0779. The number of ether oxygens (including phenoxy) is 1. The van der Waals surface area contributed by atoms with Gasteiger partial charge in [0.2, 0.25) is 28.9 Å². The number of Topliss-reactive ketones (excluding diaryl/α,β-unsaturated/α-hetero) is 3. The van der Waals surface area contributed by atoms with E-state index in [1.807, 2.05) is 13.8 Å². The smallest absolute Gasteiger partial charge is 0.295 e. The minimum Gasteiger partial charge on any atom is -0.454 e. The van der Waals surface area contributed by atoms with E-state index in [1.165, 1.54) is 12.1 Å². The minimum atomic E-state index is -3.36. The maximum atomic E-state index is 13.0. The van der Waals surface area contributed by atoms with E-state index in [0.717, 1.165) is 30.7 Å². The summed E-state index contributed by atoms with van der Waals surface area (Å²) >= 11 is 0. The lowest BCUT2D eigenvalue weighted by atomic mass is 9.86. The molecule has 0 fully saturated rings. The number of fused-ring (bicyclic) bond motifs is 6. The summed E-state index contributed by atoms with van der Waals surface area (Å²) < 4.78 is 5.62. The third-order valence-corrected chi connectivity index (χ3v) is 7.93. The molecule has 2 atom stereocenters. The Balaban J connectivity index is 0.000000188. The van der Waals surface area contributed by atoms with E-state index in [9.17, 15) is 59.8 Å². The van der Waals surface area contributed by atoms with Crippen molar-refractivity contribution in [3.05, 3.63) is 96.1 Å². The molecule has 3 aromatic carbocycles. The highest BCUT2D eigenvalue weighted by molar-refractivity contribution is 6.34. The molecular formula is C29H24N4O13. The molecule has 0 aromatic heterocycles. The van der Waals surface area contributed by atoms with E-state index < -0.39 is 78.5 Å². The Bertz CT molecular complexity index is 1950. The van der Waals surface area contributed by atoms with Gasteiger partial charge in [-0.1, -0.05) is 26.0 Å². The Morgan fingerprint density at radius 3 is 1.98 bits per heavy atom. The molecule has 0 bridgehead atoms. The van der Waals surface area contributed by atoms with Crippen LogP contribution in [0.4, 0.5) is 22.7 Å². The molecule has 0 saturated carbocycles. The fourth-order valence-corrected chi connectivity index (χ4v) is 5.65. The molecule has 238 valence electrons. The molecule has 3 aliphatic rings. The zero-order valence-corrected chi connectivity index (χ0v) is 24.1. The summed E-state index contributed by atoms with van der Waals surface area (Å²) in [5.74, 6) is -9.79. The van der Waals surface area contributed by atoms with Gasteiger partial charge in [0.05, 0.1) is 26.7 Å². The first-order valence-corrected chi connectivity index (χ1v) is 13.3. The van der Waals surface area contributed by atoms with Gasteiger partial charge in [-0.2, -0.15) is 0 Å². The topological polar surface area (TPSA) is 283 Å². The number of nitrogens with one attached hydrogen (secondary N) is 1. The van der Waals surface area contributed by atoms with Crippen molar-refractivity contribution >= 4 is 46.0 Å². The summed E-state index contributed by atoms with van der Waals surface area (Å²) in [6.07, 6.45) is 0. The number of amides is 1. The SMILES string of the molecule is CC(=O)Nc1ccc([N+](=O)[O-])c2c1C(=O)C(O)(O)C2=O.CC(C)c1ccc2c(c1)OC1(O)c3ccc([N+](=O)[O-])c(N)c3C(=O)C21O. The molecule has 17 nitrogen and oxygen atoms in total. The van der Waals surface area contributed by atoms with Crippen molar-refractivity contribution in [3.63, 3.8) is 0 Å². The number of carbonyl (C=O) groups is 4.